The third-order valence-corrected chi connectivity index (χ3v) is 5.74. The summed E-state index contributed by atoms with van der Waals surface area (Å²) in [5, 5.41) is 18.2. The number of carboxylic acid groups (broad SMARTS) is 1. The van der Waals surface area contributed by atoms with Crippen LogP contribution in [0.2, 0.25) is 0 Å². The number of carbonyl (C=O) groups excluding carboxylic acids is 2. The number of fused-ring (bicyclic) bond motifs is 1. The van der Waals surface area contributed by atoms with Crippen molar-refractivity contribution in [3.63, 3.8) is 0 Å². The van der Waals surface area contributed by atoms with Gasteiger partial charge in [0, 0.05) is 40.1 Å². The van der Waals surface area contributed by atoms with Crippen LogP contribution in [0.25, 0.3) is 11.6 Å². The molecule has 0 aliphatic carbocycles. The Labute approximate surface area is 206 Å². The number of rotatable bonds is 6. The van der Waals surface area contributed by atoms with E-state index in [1.807, 2.05) is 67.6 Å². The van der Waals surface area contributed by atoms with Crippen LogP contribution in [0.3, 0.4) is 0 Å². The molecule has 5 N–H and O–H groups in total. The smallest absolute Gasteiger partial charge is 0.337 e. The summed E-state index contributed by atoms with van der Waals surface area (Å²) in [4.78, 5) is 39.1. The quantitative estimate of drug-likeness (QED) is 0.234. The number of aromatic amines is 1. The first-order chi connectivity index (χ1) is 17.4. The Balaban J connectivity index is 1.33. The Morgan fingerprint density at radius 1 is 0.889 bits per heavy atom. The average Bonchev–Trinajstić information content (AvgIpc) is 3.44. The number of hydrogen-bond donors (Lipinski definition) is 5. The van der Waals surface area contributed by atoms with E-state index in [0.29, 0.717) is 28.2 Å². The van der Waals surface area contributed by atoms with Crippen LogP contribution in [0, 0.1) is 6.92 Å². The lowest BCUT2D eigenvalue weighted by Crippen LogP contribution is -2.12. The van der Waals surface area contributed by atoms with Crippen molar-refractivity contribution in [1.82, 2.24) is 4.98 Å². The fourth-order valence-corrected chi connectivity index (χ4v) is 4.02. The van der Waals surface area contributed by atoms with E-state index in [9.17, 15) is 14.4 Å². The van der Waals surface area contributed by atoms with E-state index in [1.165, 1.54) is 12.3 Å². The summed E-state index contributed by atoms with van der Waals surface area (Å²) in [6.07, 6.45) is 3.01. The molecule has 3 aromatic carbocycles. The topological polar surface area (TPSA) is 123 Å². The van der Waals surface area contributed by atoms with Gasteiger partial charge in [0.2, 0.25) is 0 Å². The van der Waals surface area contributed by atoms with Gasteiger partial charge in [0.05, 0.1) is 16.8 Å². The molecular weight excluding hydrogens is 456 g/mol. The van der Waals surface area contributed by atoms with Gasteiger partial charge >= 0.3 is 5.97 Å². The zero-order chi connectivity index (χ0) is 25.2. The van der Waals surface area contributed by atoms with E-state index >= 15 is 0 Å². The van der Waals surface area contributed by atoms with E-state index in [0.717, 1.165) is 22.5 Å². The maximum atomic E-state index is 12.6. The molecule has 0 unspecified atom stereocenters. The number of aromatic nitrogens is 1. The predicted molar refractivity (Wildman–Crippen MR) is 140 cm³/mol. The SMILES string of the molecule is Cc1cccc(C(=O)Nc2cccc(Nc3ccc4c(c3)NC(=O)C4=Cc3cc(C(=O)O)c[nH]3)c2)c1. The molecule has 0 atom stereocenters. The number of hydrogen-bond acceptors (Lipinski definition) is 4. The number of aryl methyl sites for hydroxylation is 1. The predicted octanol–water partition coefficient (Wildman–Crippen LogP) is 5.51. The number of benzene rings is 3. The largest absolute Gasteiger partial charge is 0.478 e. The number of carbonyl (C=O) groups is 3. The first-order valence-electron chi connectivity index (χ1n) is 11.2. The summed E-state index contributed by atoms with van der Waals surface area (Å²) >= 11 is 0. The third-order valence-electron chi connectivity index (χ3n) is 5.74. The molecule has 0 spiro atoms. The van der Waals surface area contributed by atoms with Crippen molar-refractivity contribution in [2.45, 2.75) is 6.92 Å². The van der Waals surface area contributed by atoms with Crippen molar-refractivity contribution in [2.24, 2.45) is 0 Å². The van der Waals surface area contributed by atoms with Gasteiger partial charge in [-0.25, -0.2) is 4.79 Å². The van der Waals surface area contributed by atoms with E-state index < -0.39 is 5.97 Å². The third kappa shape index (κ3) is 4.74. The van der Waals surface area contributed by atoms with Gasteiger partial charge in [-0.1, -0.05) is 29.8 Å². The van der Waals surface area contributed by atoms with Crippen LogP contribution in [-0.4, -0.2) is 27.9 Å². The van der Waals surface area contributed by atoms with Crippen LogP contribution in [0.5, 0.6) is 0 Å². The number of carboxylic acids is 1. The highest BCUT2D eigenvalue weighted by atomic mass is 16.4. The van der Waals surface area contributed by atoms with Crippen molar-refractivity contribution in [1.29, 1.82) is 0 Å². The molecule has 0 fully saturated rings. The van der Waals surface area contributed by atoms with Crippen LogP contribution in [0.15, 0.2) is 79.0 Å². The second-order valence-electron chi connectivity index (χ2n) is 8.45. The fourth-order valence-electron chi connectivity index (χ4n) is 4.02. The van der Waals surface area contributed by atoms with Crippen LogP contribution >= 0.6 is 0 Å². The van der Waals surface area contributed by atoms with Gasteiger partial charge in [-0.3, -0.25) is 9.59 Å². The molecule has 5 rings (SSSR count). The van der Waals surface area contributed by atoms with E-state index in [1.54, 1.807) is 12.1 Å². The molecule has 8 nitrogen and oxygen atoms in total. The average molecular weight is 479 g/mol. The molecule has 0 saturated carbocycles. The molecule has 2 amide bonds. The number of anilines is 4. The minimum atomic E-state index is -1.04. The van der Waals surface area contributed by atoms with Gasteiger partial charge in [0.1, 0.15) is 0 Å². The molecule has 2 heterocycles. The standard InChI is InChI=1S/C28H22N4O4/c1-16-4-2-5-17(10-16)26(33)31-20-7-3-6-19(12-20)30-21-8-9-23-24(27(34)32-25(23)14-21)13-22-11-18(15-29-22)28(35)36/h2-15,29-30H,1H3,(H,31,33)(H,32,34)(H,35,36). The van der Waals surface area contributed by atoms with E-state index in [4.69, 9.17) is 5.11 Å². The van der Waals surface area contributed by atoms with E-state index in [2.05, 4.69) is 20.9 Å². The first-order valence-corrected chi connectivity index (χ1v) is 11.2. The zero-order valence-electron chi connectivity index (χ0n) is 19.3. The molecule has 0 bridgehead atoms. The van der Waals surface area contributed by atoms with Gasteiger partial charge in [-0.05, 0) is 61.5 Å². The number of aromatic carboxylic acids is 1. The summed E-state index contributed by atoms with van der Waals surface area (Å²) in [6, 6.07) is 21.7. The number of amides is 2. The lowest BCUT2D eigenvalue weighted by atomic mass is 10.1. The van der Waals surface area contributed by atoms with Crippen LogP contribution in [0.4, 0.5) is 22.7 Å². The summed E-state index contributed by atoms with van der Waals surface area (Å²) in [6.45, 7) is 1.94. The molecule has 1 aliphatic rings. The Morgan fingerprint density at radius 3 is 2.44 bits per heavy atom. The monoisotopic (exact) mass is 478 g/mol. The molecule has 1 aliphatic heterocycles. The maximum absolute atomic E-state index is 12.6. The first kappa shape index (κ1) is 22.7. The molecule has 1 aromatic heterocycles. The van der Waals surface area contributed by atoms with E-state index in [-0.39, 0.29) is 17.4 Å². The van der Waals surface area contributed by atoms with Crippen molar-refractivity contribution in [2.75, 3.05) is 16.0 Å². The summed E-state index contributed by atoms with van der Waals surface area (Å²) in [5.41, 5.74) is 6.22. The van der Waals surface area contributed by atoms with Crippen molar-refractivity contribution < 1.29 is 19.5 Å². The Kier molecular flexibility index (Phi) is 5.83. The highest BCUT2D eigenvalue weighted by Gasteiger charge is 2.24. The van der Waals surface area contributed by atoms with Gasteiger partial charge in [0.15, 0.2) is 0 Å². The van der Waals surface area contributed by atoms with Crippen molar-refractivity contribution in [3.05, 3.63) is 107 Å². The molecule has 4 aromatic rings. The van der Waals surface area contributed by atoms with Gasteiger partial charge < -0.3 is 26.0 Å². The minimum Gasteiger partial charge on any atom is -0.478 e. The normalized spacial score (nSPS) is 13.2. The van der Waals surface area contributed by atoms with Crippen LogP contribution in [0.1, 0.15) is 37.5 Å². The summed E-state index contributed by atoms with van der Waals surface area (Å²) in [5.74, 6) is -1.50. The van der Waals surface area contributed by atoms with Crippen LogP contribution in [-0.2, 0) is 4.79 Å². The molecular formula is C28H22N4O4. The van der Waals surface area contributed by atoms with Crippen molar-refractivity contribution in [3.8, 4) is 0 Å². The molecule has 36 heavy (non-hydrogen) atoms. The minimum absolute atomic E-state index is 0.123. The van der Waals surface area contributed by atoms with Gasteiger partial charge in [-0.2, -0.15) is 0 Å². The Hall–Kier alpha value is -5.11. The molecule has 8 heteroatoms. The lowest BCUT2D eigenvalue weighted by molar-refractivity contribution is -0.110. The van der Waals surface area contributed by atoms with Gasteiger partial charge in [0.25, 0.3) is 11.8 Å². The van der Waals surface area contributed by atoms with Crippen molar-refractivity contribution >= 4 is 52.2 Å². The fraction of sp³-hybridized carbons (Fsp3) is 0.0357. The lowest BCUT2D eigenvalue weighted by Gasteiger charge is -2.11. The second-order valence-corrected chi connectivity index (χ2v) is 8.45. The number of nitrogens with one attached hydrogen (secondary N) is 4. The summed E-state index contributed by atoms with van der Waals surface area (Å²) < 4.78 is 0. The van der Waals surface area contributed by atoms with Crippen LogP contribution < -0.4 is 16.0 Å². The Bertz CT molecular complexity index is 1550. The highest BCUT2D eigenvalue weighted by molar-refractivity contribution is 6.35. The molecule has 0 saturated heterocycles. The van der Waals surface area contributed by atoms with Gasteiger partial charge in [-0.15, -0.1) is 0 Å². The second kappa shape index (κ2) is 9.27. The molecule has 178 valence electrons. The Morgan fingerprint density at radius 2 is 1.67 bits per heavy atom. The zero-order valence-corrected chi connectivity index (χ0v) is 19.3. The summed E-state index contributed by atoms with van der Waals surface area (Å²) in [7, 11) is 0. The maximum Gasteiger partial charge on any atom is 0.337 e. The highest BCUT2D eigenvalue weighted by Crippen LogP contribution is 2.36. The number of H-pyrrole nitrogens is 1. The molecule has 0 radical (unpaired) electrons.